The van der Waals surface area contributed by atoms with E-state index in [1.54, 1.807) is 0 Å². The Morgan fingerprint density at radius 3 is 2.33 bits per heavy atom. The molecule has 1 unspecified atom stereocenters. The lowest BCUT2D eigenvalue weighted by atomic mass is 9.84. The molecule has 1 aliphatic rings. The molecule has 2 N–H and O–H groups in total. The zero-order valence-corrected chi connectivity index (χ0v) is 13.7. The summed E-state index contributed by atoms with van der Waals surface area (Å²) in [6.45, 7) is 9.23. The number of hydrogen-bond donors (Lipinski definition) is 2. The highest BCUT2D eigenvalue weighted by atomic mass is 16.3. The molecule has 2 rings (SSSR count). The third-order valence-corrected chi connectivity index (χ3v) is 4.52. The van der Waals surface area contributed by atoms with Gasteiger partial charge in [-0.15, -0.1) is 0 Å². The summed E-state index contributed by atoms with van der Waals surface area (Å²) in [6, 6.07) is 11.6. The summed E-state index contributed by atoms with van der Waals surface area (Å²) >= 11 is 0. The molecule has 1 aliphatic heterocycles. The van der Waals surface area contributed by atoms with Gasteiger partial charge in [-0.2, -0.15) is 0 Å². The summed E-state index contributed by atoms with van der Waals surface area (Å²) in [4.78, 5) is 2.47. The van der Waals surface area contributed by atoms with Crippen LogP contribution in [-0.4, -0.2) is 36.9 Å². The number of nitrogens with one attached hydrogen (secondary N) is 1. The number of anilines is 1. The van der Waals surface area contributed by atoms with E-state index in [9.17, 15) is 5.11 Å². The van der Waals surface area contributed by atoms with Gasteiger partial charge in [-0.05, 0) is 36.8 Å². The molecule has 1 atom stereocenters. The van der Waals surface area contributed by atoms with Gasteiger partial charge in [0.15, 0.2) is 0 Å². The van der Waals surface area contributed by atoms with E-state index >= 15 is 0 Å². The molecule has 3 heteroatoms. The SMILES string of the molecule is CC(C)(C)C(CCO)NC1CCN(c2ccccc2)CC1. The molecule has 1 aromatic rings. The molecule has 1 fully saturated rings. The van der Waals surface area contributed by atoms with Crippen molar-refractivity contribution in [2.75, 3.05) is 24.6 Å². The molecule has 0 bridgehead atoms. The molecule has 0 radical (unpaired) electrons. The molecule has 0 aromatic heterocycles. The molecule has 1 heterocycles. The average molecular weight is 290 g/mol. The Morgan fingerprint density at radius 1 is 1.19 bits per heavy atom. The maximum atomic E-state index is 9.27. The molecule has 3 nitrogen and oxygen atoms in total. The zero-order chi connectivity index (χ0) is 15.3. The van der Waals surface area contributed by atoms with E-state index in [4.69, 9.17) is 0 Å². The fourth-order valence-electron chi connectivity index (χ4n) is 3.12. The van der Waals surface area contributed by atoms with E-state index in [-0.39, 0.29) is 12.0 Å². The molecule has 21 heavy (non-hydrogen) atoms. The van der Waals surface area contributed by atoms with E-state index in [0.717, 1.165) is 19.5 Å². The maximum Gasteiger partial charge on any atom is 0.0446 e. The highest BCUT2D eigenvalue weighted by molar-refractivity contribution is 5.46. The minimum Gasteiger partial charge on any atom is -0.396 e. The van der Waals surface area contributed by atoms with Crippen molar-refractivity contribution in [2.24, 2.45) is 5.41 Å². The normalized spacial score (nSPS) is 18.8. The molecular weight excluding hydrogens is 260 g/mol. The predicted octanol–water partition coefficient (Wildman–Crippen LogP) is 3.04. The third kappa shape index (κ3) is 4.72. The molecule has 1 saturated heterocycles. The van der Waals surface area contributed by atoms with Crippen LogP contribution in [0.15, 0.2) is 30.3 Å². The average Bonchev–Trinajstić information content (AvgIpc) is 2.47. The summed E-state index contributed by atoms with van der Waals surface area (Å²) in [7, 11) is 0. The van der Waals surface area contributed by atoms with Crippen LogP contribution in [0.4, 0.5) is 5.69 Å². The predicted molar refractivity (Wildman–Crippen MR) is 89.8 cm³/mol. The van der Waals surface area contributed by atoms with Gasteiger partial charge in [0.1, 0.15) is 0 Å². The van der Waals surface area contributed by atoms with Crippen LogP contribution in [0.25, 0.3) is 0 Å². The van der Waals surface area contributed by atoms with Crippen LogP contribution in [0.5, 0.6) is 0 Å². The van der Waals surface area contributed by atoms with Gasteiger partial charge in [-0.25, -0.2) is 0 Å². The lowest BCUT2D eigenvalue weighted by Gasteiger charge is -2.39. The summed E-state index contributed by atoms with van der Waals surface area (Å²) < 4.78 is 0. The minimum atomic E-state index is 0.194. The van der Waals surface area contributed by atoms with E-state index in [0.29, 0.717) is 12.1 Å². The van der Waals surface area contributed by atoms with Crippen LogP contribution in [0.2, 0.25) is 0 Å². The molecule has 0 spiro atoms. The van der Waals surface area contributed by atoms with Crippen LogP contribution >= 0.6 is 0 Å². The van der Waals surface area contributed by atoms with Gasteiger partial charge in [0.25, 0.3) is 0 Å². The fourth-order valence-corrected chi connectivity index (χ4v) is 3.12. The molecule has 118 valence electrons. The summed E-state index contributed by atoms with van der Waals surface area (Å²) in [6.07, 6.45) is 3.18. The number of nitrogens with zero attached hydrogens (tertiary/aromatic N) is 1. The second-order valence-corrected chi connectivity index (χ2v) is 7.19. The van der Waals surface area contributed by atoms with Crippen LogP contribution in [0.3, 0.4) is 0 Å². The largest absolute Gasteiger partial charge is 0.396 e. The number of piperidine rings is 1. The number of aliphatic hydroxyl groups excluding tert-OH is 1. The van der Waals surface area contributed by atoms with Crippen molar-refractivity contribution in [3.63, 3.8) is 0 Å². The molecule has 0 amide bonds. The molecular formula is C18H30N2O. The van der Waals surface area contributed by atoms with Crippen molar-refractivity contribution in [1.29, 1.82) is 0 Å². The first kappa shape index (κ1) is 16.3. The zero-order valence-electron chi connectivity index (χ0n) is 13.7. The summed E-state index contributed by atoms with van der Waals surface area (Å²) in [5.41, 5.74) is 1.53. The van der Waals surface area contributed by atoms with E-state index < -0.39 is 0 Å². The quantitative estimate of drug-likeness (QED) is 0.875. The topological polar surface area (TPSA) is 35.5 Å². The van der Waals surface area contributed by atoms with Crippen molar-refractivity contribution in [2.45, 2.75) is 52.1 Å². The van der Waals surface area contributed by atoms with Gasteiger partial charge in [0, 0.05) is 37.5 Å². The van der Waals surface area contributed by atoms with Gasteiger partial charge < -0.3 is 15.3 Å². The Hall–Kier alpha value is -1.06. The van der Waals surface area contributed by atoms with Crippen LogP contribution < -0.4 is 10.2 Å². The van der Waals surface area contributed by atoms with Crippen molar-refractivity contribution >= 4 is 5.69 Å². The summed E-state index contributed by atoms with van der Waals surface area (Å²) in [5.74, 6) is 0. The first-order chi connectivity index (χ1) is 10.0. The maximum absolute atomic E-state index is 9.27. The number of hydrogen-bond acceptors (Lipinski definition) is 3. The van der Waals surface area contributed by atoms with Crippen LogP contribution in [0.1, 0.15) is 40.0 Å². The Morgan fingerprint density at radius 2 is 1.81 bits per heavy atom. The Bertz CT molecular complexity index is 405. The monoisotopic (exact) mass is 290 g/mol. The second-order valence-electron chi connectivity index (χ2n) is 7.19. The fraction of sp³-hybridized carbons (Fsp3) is 0.667. The summed E-state index contributed by atoms with van der Waals surface area (Å²) in [5, 5.41) is 13.1. The second kappa shape index (κ2) is 7.28. The van der Waals surface area contributed by atoms with Gasteiger partial charge in [0.05, 0.1) is 0 Å². The Kier molecular flexibility index (Phi) is 5.65. The van der Waals surface area contributed by atoms with Crippen LogP contribution in [0, 0.1) is 5.41 Å². The highest BCUT2D eigenvalue weighted by Crippen LogP contribution is 2.25. The highest BCUT2D eigenvalue weighted by Gasteiger charge is 2.28. The van der Waals surface area contributed by atoms with Crippen LogP contribution in [-0.2, 0) is 0 Å². The number of para-hydroxylation sites is 1. The lowest BCUT2D eigenvalue weighted by molar-refractivity contribution is 0.179. The number of aliphatic hydroxyl groups is 1. The lowest BCUT2D eigenvalue weighted by Crippen LogP contribution is -2.50. The number of benzene rings is 1. The Balaban J connectivity index is 1.86. The van der Waals surface area contributed by atoms with Gasteiger partial charge in [-0.3, -0.25) is 0 Å². The van der Waals surface area contributed by atoms with Crippen molar-refractivity contribution in [3.05, 3.63) is 30.3 Å². The molecule has 1 aromatic carbocycles. The minimum absolute atomic E-state index is 0.194. The van der Waals surface area contributed by atoms with E-state index in [2.05, 4.69) is 61.3 Å². The first-order valence-electron chi connectivity index (χ1n) is 8.17. The third-order valence-electron chi connectivity index (χ3n) is 4.52. The molecule has 0 aliphatic carbocycles. The smallest absolute Gasteiger partial charge is 0.0446 e. The molecule has 0 saturated carbocycles. The van der Waals surface area contributed by atoms with E-state index in [1.165, 1.54) is 18.5 Å². The Labute approximate surface area is 129 Å². The van der Waals surface area contributed by atoms with Gasteiger partial charge in [0.2, 0.25) is 0 Å². The standard InChI is InChI=1S/C18H30N2O/c1-18(2,3)17(11-14-21)19-15-9-12-20(13-10-15)16-7-5-4-6-8-16/h4-8,15,17,19,21H,9-14H2,1-3H3. The van der Waals surface area contributed by atoms with Crippen molar-refractivity contribution < 1.29 is 5.11 Å². The first-order valence-corrected chi connectivity index (χ1v) is 8.17. The van der Waals surface area contributed by atoms with Crippen molar-refractivity contribution in [3.8, 4) is 0 Å². The van der Waals surface area contributed by atoms with Gasteiger partial charge in [-0.1, -0.05) is 39.0 Å². The van der Waals surface area contributed by atoms with Crippen molar-refractivity contribution in [1.82, 2.24) is 5.32 Å². The van der Waals surface area contributed by atoms with Gasteiger partial charge >= 0.3 is 0 Å². The number of rotatable bonds is 5. The van der Waals surface area contributed by atoms with E-state index in [1.807, 2.05) is 0 Å².